The predicted octanol–water partition coefficient (Wildman–Crippen LogP) is 1.63. The number of benzene rings is 1. The molecule has 0 N–H and O–H groups in total. The molecule has 0 saturated carbocycles. The van der Waals surface area contributed by atoms with Gasteiger partial charge in [0.1, 0.15) is 0 Å². The molecule has 0 aromatic heterocycles. The Labute approximate surface area is 108 Å². The van der Waals surface area contributed by atoms with E-state index in [1.54, 1.807) is 0 Å². The Balaban J connectivity index is 3.71. The van der Waals surface area contributed by atoms with Crippen molar-refractivity contribution in [2.45, 2.75) is 11.3 Å². The van der Waals surface area contributed by atoms with E-state index in [2.05, 4.69) is 4.74 Å². The summed E-state index contributed by atoms with van der Waals surface area (Å²) >= 11 is 0. The number of methoxy groups -OCH3 is 1. The zero-order chi connectivity index (χ0) is 14.8. The number of sulfone groups is 1. The molecule has 1 aromatic rings. The summed E-state index contributed by atoms with van der Waals surface area (Å²) in [6.45, 7) is 0. The molecule has 1 rings (SSSR count). The lowest BCUT2D eigenvalue weighted by atomic mass is 10.0. The van der Waals surface area contributed by atoms with Gasteiger partial charge in [0.05, 0.1) is 17.6 Å². The third-order valence-electron chi connectivity index (χ3n) is 2.35. The Morgan fingerprint density at radius 3 is 2.32 bits per heavy atom. The molecular weight excluding hydrogens is 282 g/mol. The molecule has 0 heterocycles. The van der Waals surface area contributed by atoms with Gasteiger partial charge in [0, 0.05) is 17.4 Å². The monoisotopic (exact) mass is 292 g/mol. The van der Waals surface area contributed by atoms with Gasteiger partial charge in [-0.1, -0.05) is 0 Å². The van der Waals surface area contributed by atoms with Crippen LogP contribution in [0.2, 0.25) is 0 Å². The SMILES string of the molecule is COC(=O)c1cc(S(C)(=O)=O)c(C=O)cc1C(F)F. The minimum atomic E-state index is -3.84. The Kier molecular flexibility index (Phi) is 4.35. The van der Waals surface area contributed by atoms with Crippen molar-refractivity contribution in [1.82, 2.24) is 0 Å². The number of esters is 1. The van der Waals surface area contributed by atoms with Crippen LogP contribution in [0.5, 0.6) is 0 Å². The summed E-state index contributed by atoms with van der Waals surface area (Å²) in [6, 6.07) is 1.41. The lowest BCUT2D eigenvalue weighted by Crippen LogP contribution is -2.11. The first-order valence-corrected chi connectivity index (χ1v) is 6.81. The number of hydrogen-bond acceptors (Lipinski definition) is 5. The highest BCUT2D eigenvalue weighted by Gasteiger charge is 2.24. The smallest absolute Gasteiger partial charge is 0.338 e. The largest absolute Gasteiger partial charge is 0.465 e. The Hall–Kier alpha value is -1.83. The first-order chi connectivity index (χ1) is 8.72. The average Bonchev–Trinajstić information content (AvgIpc) is 2.34. The van der Waals surface area contributed by atoms with E-state index in [1.165, 1.54) is 0 Å². The van der Waals surface area contributed by atoms with Crippen LogP contribution in [0, 0.1) is 0 Å². The van der Waals surface area contributed by atoms with Crippen LogP contribution in [-0.4, -0.2) is 34.0 Å². The predicted molar refractivity (Wildman–Crippen MR) is 61.2 cm³/mol. The maximum Gasteiger partial charge on any atom is 0.338 e. The third kappa shape index (κ3) is 3.14. The standard InChI is InChI=1S/C11H10F2O5S/c1-18-11(15)8-4-9(19(2,16)17)6(5-14)3-7(8)10(12)13/h3-5,10H,1-2H3. The molecule has 0 radical (unpaired) electrons. The lowest BCUT2D eigenvalue weighted by molar-refractivity contribution is 0.0588. The van der Waals surface area contributed by atoms with E-state index in [0.29, 0.717) is 6.07 Å². The minimum Gasteiger partial charge on any atom is -0.465 e. The zero-order valence-electron chi connectivity index (χ0n) is 10.0. The van der Waals surface area contributed by atoms with Gasteiger partial charge in [0.2, 0.25) is 0 Å². The molecule has 1 aromatic carbocycles. The first kappa shape index (κ1) is 15.2. The fourth-order valence-corrected chi connectivity index (χ4v) is 2.36. The molecule has 0 atom stereocenters. The molecule has 0 aliphatic rings. The topological polar surface area (TPSA) is 77.5 Å². The van der Waals surface area contributed by atoms with E-state index >= 15 is 0 Å². The van der Waals surface area contributed by atoms with E-state index in [-0.39, 0.29) is 6.29 Å². The van der Waals surface area contributed by atoms with Gasteiger partial charge in [-0.05, 0) is 12.1 Å². The molecule has 0 aliphatic heterocycles. The summed E-state index contributed by atoms with van der Waals surface area (Å²) in [7, 11) is -2.86. The van der Waals surface area contributed by atoms with E-state index in [1.807, 2.05) is 0 Å². The normalized spacial score (nSPS) is 11.4. The quantitative estimate of drug-likeness (QED) is 0.622. The number of carbonyl (C=O) groups excluding carboxylic acids is 2. The lowest BCUT2D eigenvalue weighted by Gasteiger charge is -2.11. The summed E-state index contributed by atoms with van der Waals surface area (Å²) in [4.78, 5) is 21.7. The van der Waals surface area contributed by atoms with Gasteiger partial charge in [0.15, 0.2) is 16.1 Å². The van der Waals surface area contributed by atoms with Crippen LogP contribution in [-0.2, 0) is 14.6 Å². The summed E-state index contributed by atoms with van der Waals surface area (Å²) in [5.74, 6) is -1.10. The third-order valence-corrected chi connectivity index (χ3v) is 3.50. The number of rotatable bonds is 4. The molecule has 0 aliphatic carbocycles. The van der Waals surface area contributed by atoms with Gasteiger partial charge in [-0.3, -0.25) is 4.79 Å². The number of aldehydes is 1. The fourth-order valence-electron chi connectivity index (χ4n) is 1.49. The van der Waals surface area contributed by atoms with Crippen LogP contribution in [0.25, 0.3) is 0 Å². The second kappa shape index (κ2) is 5.43. The number of ether oxygens (including phenoxy) is 1. The Morgan fingerprint density at radius 2 is 1.95 bits per heavy atom. The highest BCUT2D eigenvalue weighted by Crippen LogP contribution is 2.28. The fraction of sp³-hybridized carbons (Fsp3) is 0.273. The molecule has 0 saturated heterocycles. The highest BCUT2D eigenvalue weighted by molar-refractivity contribution is 7.90. The van der Waals surface area contributed by atoms with Crippen molar-refractivity contribution < 1.29 is 31.5 Å². The molecule has 5 nitrogen and oxygen atoms in total. The molecule has 19 heavy (non-hydrogen) atoms. The molecule has 104 valence electrons. The van der Waals surface area contributed by atoms with Crippen LogP contribution in [0.15, 0.2) is 17.0 Å². The van der Waals surface area contributed by atoms with E-state index in [0.717, 1.165) is 19.4 Å². The zero-order valence-corrected chi connectivity index (χ0v) is 10.8. The maximum absolute atomic E-state index is 12.8. The molecule has 8 heteroatoms. The van der Waals surface area contributed by atoms with Gasteiger partial charge in [-0.2, -0.15) is 0 Å². The van der Waals surface area contributed by atoms with Crippen molar-refractivity contribution in [1.29, 1.82) is 0 Å². The van der Waals surface area contributed by atoms with Crippen molar-refractivity contribution in [3.8, 4) is 0 Å². The van der Waals surface area contributed by atoms with Crippen LogP contribution in [0.1, 0.15) is 32.7 Å². The molecule has 0 fully saturated rings. The molecule has 0 amide bonds. The van der Waals surface area contributed by atoms with Gasteiger partial charge in [-0.15, -0.1) is 0 Å². The summed E-state index contributed by atoms with van der Waals surface area (Å²) < 4.78 is 52.8. The van der Waals surface area contributed by atoms with Crippen LogP contribution >= 0.6 is 0 Å². The van der Waals surface area contributed by atoms with Gasteiger partial charge in [0.25, 0.3) is 6.43 Å². The second-order valence-corrected chi connectivity index (χ2v) is 5.64. The van der Waals surface area contributed by atoms with Crippen LogP contribution in [0.4, 0.5) is 8.78 Å². The first-order valence-electron chi connectivity index (χ1n) is 4.92. The molecule has 0 bridgehead atoms. The van der Waals surface area contributed by atoms with E-state index in [9.17, 15) is 26.8 Å². The summed E-state index contributed by atoms with van der Waals surface area (Å²) in [5.41, 5.74) is -1.75. The summed E-state index contributed by atoms with van der Waals surface area (Å²) in [5, 5.41) is 0. The van der Waals surface area contributed by atoms with Gasteiger partial charge < -0.3 is 4.74 Å². The van der Waals surface area contributed by atoms with Crippen molar-refractivity contribution in [2.75, 3.05) is 13.4 Å². The van der Waals surface area contributed by atoms with Crippen molar-refractivity contribution in [2.24, 2.45) is 0 Å². The number of carbonyl (C=O) groups is 2. The van der Waals surface area contributed by atoms with Gasteiger partial charge in [-0.25, -0.2) is 22.0 Å². The number of halogens is 2. The van der Waals surface area contributed by atoms with Crippen molar-refractivity contribution >= 4 is 22.1 Å². The number of hydrogen-bond donors (Lipinski definition) is 0. The Morgan fingerprint density at radius 1 is 1.37 bits per heavy atom. The molecular formula is C11H10F2O5S. The van der Waals surface area contributed by atoms with E-state index in [4.69, 9.17) is 0 Å². The molecule has 0 unspecified atom stereocenters. The highest BCUT2D eigenvalue weighted by atomic mass is 32.2. The molecule has 0 spiro atoms. The Bertz CT molecular complexity index is 622. The van der Waals surface area contributed by atoms with Crippen molar-refractivity contribution in [3.63, 3.8) is 0 Å². The maximum atomic E-state index is 12.8. The van der Waals surface area contributed by atoms with Crippen LogP contribution in [0.3, 0.4) is 0 Å². The van der Waals surface area contributed by atoms with E-state index < -0.39 is 43.8 Å². The van der Waals surface area contributed by atoms with Crippen molar-refractivity contribution in [3.05, 3.63) is 28.8 Å². The number of alkyl halides is 2. The van der Waals surface area contributed by atoms with Gasteiger partial charge >= 0.3 is 5.97 Å². The van der Waals surface area contributed by atoms with Crippen LogP contribution < -0.4 is 0 Å². The minimum absolute atomic E-state index is 0.142. The average molecular weight is 292 g/mol. The summed E-state index contributed by atoms with van der Waals surface area (Å²) in [6.07, 6.45) is -2.09. The second-order valence-electron chi connectivity index (χ2n) is 3.66.